The average molecular weight is 396 g/mol. The van der Waals surface area contributed by atoms with Gasteiger partial charge in [-0.2, -0.15) is 0 Å². The lowest BCUT2D eigenvalue weighted by Crippen LogP contribution is -2.41. The van der Waals surface area contributed by atoms with Crippen LogP contribution >= 0.6 is 11.8 Å². The Hall–Kier alpha value is -3.00. The number of nitrogens with zero attached hydrogens (tertiary/aromatic N) is 3. The second-order valence-corrected chi connectivity index (χ2v) is 7.26. The van der Waals surface area contributed by atoms with Gasteiger partial charge in [-0.1, -0.05) is 54.2 Å². The number of carbonyl (C=O) groups excluding carboxylic acids is 1. The van der Waals surface area contributed by atoms with Gasteiger partial charge < -0.3 is 19.4 Å². The van der Waals surface area contributed by atoms with Crippen molar-refractivity contribution in [3.8, 4) is 22.9 Å². The molecule has 8 heteroatoms. The van der Waals surface area contributed by atoms with Gasteiger partial charge in [-0.05, 0) is 12.1 Å². The lowest BCUT2D eigenvalue weighted by Gasteiger charge is -2.26. The van der Waals surface area contributed by atoms with Crippen LogP contribution in [0.4, 0.5) is 0 Å². The van der Waals surface area contributed by atoms with Gasteiger partial charge in [0.15, 0.2) is 22.5 Å². The fourth-order valence-electron chi connectivity index (χ4n) is 2.85. The van der Waals surface area contributed by atoms with E-state index >= 15 is 0 Å². The van der Waals surface area contributed by atoms with Crippen LogP contribution in [0.3, 0.4) is 0 Å². The molecule has 3 aromatic rings. The lowest BCUT2D eigenvalue weighted by atomic mass is 10.2. The molecule has 0 saturated carbocycles. The number of carbonyl (C=O) groups is 1. The van der Waals surface area contributed by atoms with Crippen LogP contribution in [-0.2, 0) is 11.8 Å². The maximum atomic E-state index is 12.2. The zero-order valence-corrected chi connectivity index (χ0v) is 16.2. The van der Waals surface area contributed by atoms with E-state index in [1.165, 1.54) is 11.8 Å². The van der Waals surface area contributed by atoms with Crippen LogP contribution in [0.5, 0.6) is 11.5 Å². The molecule has 0 spiro atoms. The molecule has 1 atom stereocenters. The minimum atomic E-state index is -0.205. The number of rotatable bonds is 6. The third-order valence-electron chi connectivity index (χ3n) is 4.29. The first-order valence-electron chi connectivity index (χ1n) is 8.93. The summed E-state index contributed by atoms with van der Waals surface area (Å²) in [4.78, 5) is 12.2. The number of hydrogen-bond acceptors (Lipinski definition) is 6. The number of fused-ring (bicyclic) bond motifs is 1. The molecule has 1 N–H and O–H groups in total. The third-order valence-corrected chi connectivity index (χ3v) is 5.31. The van der Waals surface area contributed by atoms with Crippen molar-refractivity contribution in [3.63, 3.8) is 0 Å². The van der Waals surface area contributed by atoms with Gasteiger partial charge in [0.2, 0.25) is 5.91 Å². The normalized spacial score (nSPS) is 15.2. The fraction of sp³-hybridized carbons (Fsp3) is 0.250. The molecule has 2 aromatic carbocycles. The Morgan fingerprint density at radius 2 is 1.89 bits per heavy atom. The first kappa shape index (κ1) is 18.4. The first-order valence-corrected chi connectivity index (χ1v) is 9.92. The summed E-state index contributed by atoms with van der Waals surface area (Å²) in [5.74, 6) is 2.38. The molecule has 7 nitrogen and oxygen atoms in total. The van der Waals surface area contributed by atoms with Gasteiger partial charge in [0, 0.05) is 12.6 Å². The summed E-state index contributed by atoms with van der Waals surface area (Å²) in [6, 6.07) is 17.4. The Kier molecular flexibility index (Phi) is 5.48. The van der Waals surface area contributed by atoms with E-state index in [1.807, 2.05) is 66.2 Å². The van der Waals surface area contributed by atoms with Crippen LogP contribution in [0, 0.1) is 0 Å². The van der Waals surface area contributed by atoms with E-state index in [0.29, 0.717) is 24.1 Å². The highest BCUT2D eigenvalue weighted by Crippen LogP contribution is 2.30. The van der Waals surface area contributed by atoms with E-state index in [2.05, 4.69) is 15.5 Å². The van der Waals surface area contributed by atoms with Crippen molar-refractivity contribution in [2.45, 2.75) is 11.3 Å². The molecule has 1 amide bonds. The van der Waals surface area contributed by atoms with Crippen LogP contribution in [-0.4, -0.2) is 45.7 Å². The van der Waals surface area contributed by atoms with Gasteiger partial charge >= 0.3 is 0 Å². The molecule has 1 aromatic heterocycles. The number of hydrogen-bond donors (Lipinski definition) is 1. The zero-order valence-electron chi connectivity index (χ0n) is 15.4. The van der Waals surface area contributed by atoms with E-state index in [0.717, 1.165) is 17.1 Å². The Bertz CT molecular complexity index is 961. The molecule has 0 bridgehead atoms. The highest BCUT2D eigenvalue weighted by Gasteiger charge is 2.21. The van der Waals surface area contributed by atoms with E-state index in [1.54, 1.807) is 0 Å². The van der Waals surface area contributed by atoms with Crippen molar-refractivity contribution in [3.05, 3.63) is 54.6 Å². The maximum Gasteiger partial charge on any atom is 0.230 e. The van der Waals surface area contributed by atoms with Crippen LogP contribution in [0.1, 0.15) is 0 Å². The quantitative estimate of drug-likeness (QED) is 0.645. The Morgan fingerprint density at radius 3 is 2.71 bits per heavy atom. The van der Waals surface area contributed by atoms with Gasteiger partial charge in [0.1, 0.15) is 12.7 Å². The largest absolute Gasteiger partial charge is 0.486 e. The number of ether oxygens (including phenoxy) is 2. The summed E-state index contributed by atoms with van der Waals surface area (Å²) in [6.45, 7) is 0.802. The summed E-state index contributed by atoms with van der Waals surface area (Å²) in [5.41, 5.74) is 0.989. The second kappa shape index (κ2) is 8.35. The number of amides is 1. The summed E-state index contributed by atoms with van der Waals surface area (Å²) < 4.78 is 13.4. The first-order chi connectivity index (χ1) is 13.7. The number of thioether (sulfide) groups is 1. The standard InChI is InChI=1S/C20H20N4O3S/c1-24-19(14-7-3-2-4-8-14)22-23-20(24)28-13-18(25)21-11-15-12-26-16-9-5-6-10-17(16)27-15/h2-10,15H,11-13H2,1H3,(H,21,25)/t15-/m1/s1. The molecular weight excluding hydrogens is 376 g/mol. The van der Waals surface area contributed by atoms with Crippen molar-refractivity contribution >= 4 is 17.7 Å². The summed E-state index contributed by atoms with van der Waals surface area (Å²) in [6.07, 6.45) is -0.205. The molecule has 0 unspecified atom stereocenters. The highest BCUT2D eigenvalue weighted by atomic mass is 32.2. The summed E-state index contributed by atoms with van der Waals surface area (Å²) >= 11 is 1.35. The number of aromatic nitrogens is 3. The molecule has 144 valence electrons. The highest BCUT2D eigenvalue weighted by molar-refractivity contribution is 7.99. The van der Waals surface area contributed by atoms with Gasteiger partial charge in [-0.15, -0.1) is 10.2 Å². The zero-order chi connectivity index (χ0) is 19.3. The maximum absolute atomic E-state index is 12.2. The summed E-state index contributed by atoms with van der Waals surface area (Å²) in [5, 5.41) is 12.0. The monoisotopic (exact) mass is 396 g/mol. The average Bonchev–Trinajstić information content (AvgIpc) is 3.11. The number of benzene rings is 2. The molecule has 1 aliphatic heterocycles. The molecule has 0 radical (unpaired) electrons. The number of nitrogens with one attached hydrogen (secondary N) is 1. The smallest absolute Gasteiger partial charge is 0.230 e. The van der Waals surface area contributed by atoms with Crippen molar-refractivity contribution in [1.82, 2.24) is 20.1 Å². The minimum Gasteiger partial charge on any atom is -0.486 e. The molecule has 28 heavy (non-hydrogen) atoms. The molecule has 0 fully saturated rings. The topological polar surface area (TPSA) is 78.3 Å². The van der Waals surface area contributed by atoms with E-state index in [9.17, 15) is 4.79 Å². The second-order valence-electron chi connectivity index (χ2n) is 6.32. The van der Waals surface area contributed by atoms with E-state index < -0.39 is 0 Å². The predicted molar refractivity (Wildman–Crippen MR) is 107 cm³/mol. The lowest BCUT2D eigenvalue weighted by molar-refractivity contribution is -0.119. The van der Waals surface area contributed by atoms with Crippen LogP contribution in [0.15, 0.2) is 59.8 Å². The van der Waals surface area contributed by atoms with Crippen molar-refractivity contribution < 1.29 is 14.3 Å². The number of para-hydroxylation sites is 2. The third kappa shape index (κ3) is 4.12. The van der Waals surface area contributed by atoms with Crippen molar-refractivity contribution in [2.24, 2.45) is 7.05 Å². The molecule has 2 heterocycles. The van der Waals surface area contributed by atoms with Gasteiger partial charge in [-0.25, -0.2) is 0 Å². The van der Waals surface area contributed by atoms with Crippen molar-refractivity contribution in [1.29, 1.82) is 0 Å². The Labute approximate surface area is 167 Å². The Balaban J connectivity index is 1.27. The van der Waals surface area contributed by atoms with Crippen LogP contribution < -0.4 is 14.8 Å². The van der Waals surface area contributed by atoms with Crippen LogP contribution in [0.25, 0.3) is 11.4 Å². The Morgan fingerprint density at radius 1 is 1.14 bits per heavy atom. The molecule has 4 rings (SSSR count). The molecular formula is C20H20N4O3S. The van der Waals surface area contributed by atoms with Gasteiger partial charge in [0.25, 0.3) is 0 Å². The van der Waals surface area contributed by atoms with Crippen LogP contribution in [0.2, 0.25) is 0 Å². The van der Waals surface area contributed by atoms with Gasteiger partial charge in [-0.3, -0.25) is 4.79 Å². The molecule has 1 aliphatic rings. The van der Waals surface area contributed by atoms with Gasteiger partial charge in [0.05, 0.1) is 12.3 Å². The molecule has 0 saturated heterocycles. The summed E-state index contributed by atoms with van der Waals surface area (Å²) in [7, 11) is 1.90. The van der Waals surface area contributed by atoms with E-state index in [4.69, 9.17) is 9.47 Å². The predicted octanol–water partition coefficient (Wildman–Crippen LogP) is 2.53. The van der Waals surface area contributed by atoms with E-state index in [-0.39, 0.29) is 17.8 Å². The SMILES string of the molecule is Cn1c(SCC(=O)NC[C@@H]2COc3ccccc3O2)nnc1-c1ccccc1. The fourth-order valence-corrected chi connectivity index (χ4v) is 3.59. The minimum absolute atomic E-state index is 0.0864. The van der Waals surface area contributed by atoms with Crippen molar-refractivity contribution in [2.75, 3.05) is 18.9 Å². The molecule has 0 aliphatic carbocycles.